The molecule has 1 heterocycles. The van der Waals surface area contributed by atoms with Crippen LogP contribution in [0.25, 0.3) is 5.57 Å². The zero-order chi connectivity index (χ0) is 20.2. The van der Waals surface area contributed by atoms with E-state index < -0.39 is 0 Å². The van der Waals surface area contributed by atoms with Crippen LogP contribution in [0.2, 0.25) is 0 Å². The Morgan fingerprint density at radius 1 is 1.48 bits per heavy atom. The van der Waals surface area contributed by atoms with Gasteiger partial charge in [-0.1, -0.05) is 12.7 Å². The Morgan fingerprint density at radius 3 is 2.78 bits per heavy atom. The first-order valence-corrected chi connectivity index (χ1v) is 8.38. The Morgan fingerprint density at radius 2 is 2.22 bits per heavy atom. The van der Waals surface area contributed by atoms with Crippen LogP contribution in [0.15, 0.2) is 54.7 Å². The van der Waals surface area contributed by atoms with Crippen molar-refractivity contribution >= 4 is 23.5 Å². The van der Waals surface area contributed by atoms with Gasteiger partial charge >= 0.3 is 0 Å². The number of amides is 1. The van der Waals surface area contributed by atoms with Crippen LogP contribution >= 0.6 is 0 Å². The molecule has 27 heavy (non-hydrogen) atoms. The Kier molecular flexibility index (Phi) is 9.01. The molecule has 0 fully saturated rings. The molecule has 0 radical (unpaired) electrons. The molecule has 0 saturated carbocycles. The Hall–Kier alpha value is -3.42. The van der Waals surface area contributed by atoms with Gasteiger partial charge in [-0.15, -0.1) is 0 Å². The highest BCUT2D eigenvalue weighted by Gasteiger charge is 2.08. The van der Waals surface area contributed by atoms with Gasteiger partial charge in [0, 0.05) is 30.2 Å². The molecule has 0 bridgehead atoms. The number of carbonyl (C=O) groups excluding carboxylic acids is 1. The van der Waals surface area contributed by atoms with Crippen molar-refractivity contribution in [1.29, 1.82) is 5.41 Å². The van der Waals surface area contributed by atoms with Gasteiger partial charge in [-0.2, -0.15) is 0 Å². The molecule has 1 rings (SSSR count). The van der Waals surface area contributed by atoms with Gasteiger partial charge in [0.15, 0.2) is 12.4 Å². The van der Waals surface area contributed by atoms with Crippen LogP contribution in [0.4, 0.5) is 5.82 Å². The highest BCUT2D eigenvalue weighted by molar-refractivity contribution is 5.80. The monoisotopic (exact) mass is 370 g/mol. The van der Waals surface area contributed by atoms with Gasteiger partial charge in [-0.3, -0.25) is 4.79 Å². The smallest absolute Gasteiger partial charge is 0.258 e. The summed E-state index contributed by atoms with van der Waals surface area (Å²) in [6.45, 7) is 9.19. The Balaban J connectivity index is 2.95. The molecule has 5 N–H and O–H groups in total. The third-order valence-electron chi connectivity index (χ3n) is 3.15. The molecule has 0 unspecified atom stereocenters. The number of nitrogens with one attached hydrogen (secondary N) is 3. The topological polar surface area (TPSA) is 126 Å². The van der Waals surface area contributed by atoms with Crippen molar-refractivity contribution in [3.05, 3.63) is 60.6 Å². The highest BCUT2D eigenvalue weighted by Crippen LogP contribution is 2.17. The summed E-state index contributed by atoms with van der Waals surface area (Å²) in [7, 11) is 0. The zero-order valence-corrected chi connectivity index (χ0v) is 15.8. The Labute approximate surface area is 159 Å². The van der Waals surface area contributed by atoms with Crippen LogP contribution in [-0.2, 0) is 9.53 Å². The van der Waals surface area contributed by atoms with Gasteiger partial charge in [0.1, 0.15) is 11.6 Å². The molecule has 1 amide bonds. The van der Waals surface area contributed by atoms with E-state index in [1.54, 1.807) is 18.3 Å². The van der Waals surface area contributed by atoms with E-state index >= 15 is 0 Å². The number of nitrogens with two attached hydrogens (primary N) is 1. The molecule has 8 heteroatoms. The first-order valence-electron chi connectivity index (χ1n) is 8.38. The second-order valence-corrected chi connectivity index (χ2v) is 5.66. The number of hydrogen-bond donors (Lipinski definition) is 4. The second kappa shape index (κ2) is 11.2. The maximum Gasteiger partial charge on any atom is 0.258 e. The van der Waals surface area contributed by atoms with E-state index in [4.69, 9.17) is 15.9 Å². The molecule has 0 saturated heterocycles. The molecule has 1 aromatic rings. The number of carbonyl (C=O) groups is 1. The number of allylic oxidation sites excluding steroid dienone is 5. The first kappa shape index (κ1) is 21.6. The van der Waals surface area contributed by atoms with Gasteiger partial charge in [0.2, 0.25) is 0 Å². The van der Waals surface area contributed by atoms with Gasteiger partial charge in [-0.25, -0.2) is 9.97 Å². The van der Waals surface area contributed by atoms with E-state index in [0.29, 0.717) is 28.7 Å². The summed E-state index contributed by atoms with van der Waals surface area (Å²) < 4.78 is 5.50. The van der Waals surface area contributed by atoms with Crippen molar-refractivity contribution in [2.75, 3.05) is 11.9 Å². The van der Waals surface area contributed by atoms with E-state index in [-0.39, 0.29) is 18.6 Å². The molecular formula is C19H26N6O2. The van der Waals surface area contributed by atoms with Crippen LogP contribution in [0, 0.1) is 5.41 Å². The lowest BCUT2D eigenvalue weighted by atomic mass is 10.2. The minimum Gasteiger partial charge on any atom is -0.484 e. The summed E-state index contributed by atoms with van der Waals surface area (Å²) in [6, 6.07) is 1.70. The van der Waals surface area contributed by atoms with E-state index in [9.17, 15) is 4.79 Å². The minimum absolute atomic E-state index is 0.0421. The fraction of sp³-hybridized carbons (Fsp3) is 0.263. The standard InChI is InChI=1S/C19H26N6O2/c1-5-14(9-16(6-2)27-12-18(26)23-13(3)4)19-22-8-7-17(25-19)24-15(10-20)11-21/h5-11,13,20H,2,12,21H2,1,3-4H3,(H,23,26)(H,22,24,25)/b14-5+,15-11+,16-9+,20-10?. The predicted molar refractivity (Wildman–Crippen MR) is 108 cm³/mol. The summed E-state index contributed by atoms with van der Waals surface area (Å²) >= 11 is 0. The molecule has 0 spiro atoms. The predicted octanol–water partition coefficient (Wildman–Crippen LogP) is 2.35. The van der Waals surface area contributed by atoms with E-state index in [2.05, 4.69) is 27.2 Å². The normalized spacial score (nSPS) is 12.5. The van der Waals surface area contributed by atoms with E-state index in [0.717, 1.165) is 6.21 Å². The van der Waals surface area contributed by atoms with E-state index in [1.165, 1.54) is 12.3 Å². The third-order valence-corrected chi connectivity index (χ3v) is 3.15. The van der Waals surface area contributed by atoms with Crippen molar-refractivity contribution < 1.29 is 9.53 Å². The average Bonchev–Trinajstić information content (AvgIpc) is 2.66. The molecular weight excluding hydrogens is 344 g/mol. The maximum absolute atomic E-state index is 11.7. The lowest BCUT2D eigenvalue weighted by molar-refractivity contribution is -0.124. The van der Waals surface area contributed by atoms with Gasteiger partial charge in [0.25, 0.3) is 5.91 Å². The minimum atomic E-state index is -0.213. The average molecular weight is 370 g/mol. The molecule has 0 aromatic carbocycles. The van der Waals surface area contributed by atoms with Crippen LogP contribution in [0.1, 0.15) is 26.6 Å². The summed E-state index contributed by atoms with van der Waals surface area (Å²) in [5, 5.41) is 12.9. The first-order chi connectivity index (χ1) is 12.9. The fourth-order valence-electron chi connectivity index (χ4n) is 1.94. The number of anilines is 1. The van der Waals surface area contributed by atoms with Crippen LogP contribution < -0.4 is 16.4 Å². The number of rotatable bonds is 10. The fourth-order valence-corrected chi connectivity index (χ4v) is 1.94. The molecule has 0 atom stereocenters. The SMILES string of the molecule is C=C/C(=C\C(=C/C)c1nccc(N/C(C=N)=C/N)n1)OCC(=O)NC(C)C. The molecule has 1 aromatic heterocycles. The van der Waals surface area contributed by atoms with Crippen LogP contribution in [-0.4, -0.2) is 34.7 Å². The van der Waals surface area contributed by atoms with Crippen molar-refractivity contribution in [3.63, 3.8) is 0 Å². The van der Waals surface area contributed by atoms with Gasteiger partial charge < -0.3 is 26.5 Å². The summed E-state index contributed by atoms with van der Waals surface area (Å²) in [4.78, 5) is 20.4. The van der Waals surface area contributed by atoms with Crippen molar-refractivity contribution in [2.24, 2.45) is 5.73 Å². The van der Waals surface area contributed by atoms with Crippen LogP contribution in [0.3, 0.4) is 0 Å². The van der Waals surface area contributed by atoms with Gasteiger partial charge in [0.05, 0.1) is 5.70 Å². The van der Waals surface area contributed by atoms with Crippen molar-refractivity contribution in [2.45, 2.75) is 26.8 Å². The largest absolute Gasteiger partial charge is 0.484 e. The van der Waals surface area contributed by atoms with Gasteiger partial charge in [-0.05, 0) is 39.0 Å². The van der Waals surface area contributed by atoms with Crippen molar-refractivity contribution in [1.82, 2.24) is 15.3 Å². The summed E-state index contributed by atoms with van der Waals surface area (Å²) in [5.74, 6) is 1.14. The molecule has 0 aliphatic rings. The number of ether oxygens (including phenoxy) is 1. The number of hydrogen-bond acceptors (Lipinski definition) is 7. The molecule has 0 aliphatic heterocycles. The Bertz CT molecular complexity index is 765. The maximum atomic E-state index is 11.7. The highest BCUT2D eigenvalue weighted by atomic mass is 16.5. The molecule has 144 valence electrons. The summed E-state index contributed by atoms with van der Waals surface area (Å²) in [5.41, 5.74) is 6.52. The quantitative estimate of drug-likeness (QED) is 0.284. The third kappa shape index (κ3) is 7.55. The van der Waals surface area contributed by atoms with E-state index in [1.807, 2.05) is 26.8 Å². The number of aromatic nitrogens is 2. The lowest BCUT2D eigenvalue weighted by Crippen LogP contribution is -2.33. The zero-order valence-electron chi connectivity index (χ0n) is 15.8. The lowest BCUT2D eigenvalue weighted by Gasteiger charge is -2.11. The molecule has 0 aliphatic carbocycles. The number of nitrogens with zero attached hydrogens (tertiary/aromatic N) is 2. The summed E-state index contributed by atoms with van der Waals surface area (Å²) in [6.07, 6.45) is 8.98. The van der Waals surface area contributed by atoms with Crippen LogP contribution in [0.5, 0.6) is 0 Å². The second-order valence-electron chi connectivity index (χ2n) is 5.66. The van der Waals surface area contributed by atoms with Crippen molar-refractivity contribution in [3.8, 4) is 0 Å². The molecule has 8 nitrogen and oxygen atoms in total.